The van der Waals surface area contributed by atoms with Gasteiger partial charge in [0.15, 0.2) is 0 Å². The van der Waals surface area contributed by atoms with Gasteiger partial charge in [-0.25, -0.2) is 4.98 Å². The van der Waals surface area contributed by atoms with Crippen molar-refractivity contribution in [2.75, 3.05) is 33.7 Å². The number of hydrogen-bond donors (Lipinski definition) is 1. The Hall–Kier alpha value is -0.470. The van der Waals surface area contributed by atoms with Crippen LogP contribution in [0.2, 0.25) is 0 Å². The van der Waals surface area contributed by atoms with Gasteiger partial charge in [0, 0.05) is 26.2 Å². The van der Waals surface area contributed by atoms with Crippen LogP contribution in [0.3, 0.4) is 0 Å². The van der Waals surface area contributed by atoms with E-state index in [0.717, 1.165) is 25.3 Å². The summed E-state index contributed by atoms with van der Waals surface area (Å²) in [6, 6.07) is 0. The highest BCUT2D eigenvalue weighted by atomic mass is 127. The van der Waals surface area contributed by atoms with E-state index in [1.54, 1.807) is 10.9 Å². The highest BCUT2D eigenvalue weighted by Gasteiger charge is 2.04. The predicted molar refractivity (Wildman–Crippen MR) is 77.4 cm³/mol. The van der Waals surface area contributed by atoms with Crippen molar-refractivity contribution >= 4 is 22.6 Å². The Morgan fingerprint density at radius 1 is 1.47 bits per heavy atom. The molecule has 0 bridgehead atoms. The lowest BCUT2D eigenvalue weighted by atomic mass is 10.4. The zero-order valence-electron chi connectivity index (χ0n) is 10.5. The summed E-state index contributed by atoms with van der Waals surface area (Å²) in [7, 11) is 4.08. The highest BCUT2D eigenvalue weighted by molar-refractivity contribution is 14.1. The summed E-state index contributed by atoms with van der Waals surface area (Å²) in [5.74, 6) is 0. The summed E-state index contributed by atoms with van der Waals surface area (Å²) < 4.78 is 2.36. The Balaban J connectivity index is 2.43. The van der Waals surface area contributed by atoms with Gasteiger partial charge in [0.25, 0.3) is 5.56 Å². The lowest BCUT2D eigenvalue weighted by Gasteiger charge is -2.11. The predicted octanol–water partition coefficient (Wildman–Crippen LogP) is 0.308. The molecule has 0 saturated heterocycles. The molecule has 1 heterocycles. The van der Waals surface area contributed by atoms with Crippen LogP contribution in [0.25, 0.3) is 0 Å². The largest absolute Gasteiger partial charge is 0.314 e. The van der Waals surface area contributed by atoms with Gasteiger partial charge in [-0.3, -0.25) is 9.36 Å². The van der Waals surface area contributed by atoms with Gasteiger partial charge in [0.2, 0.25) is 0 Å². The van der Waals surface area contributed by atoms with Gasteiger partial charge >= 0.3 is 0 Å². The van der Waals surface area contributed by atoms with Crippen LogP contribution in [0.4, 0.5) is 0 Å². The normalized spacial score (nSPS) is 11.1. The maximum Gasteiger partial charge on any atom is 0.267 e. The van der Waals surface area contributed by atoms with Gasteiger partial charge in [0.1, 0.15) is 0 Å². The average Bonchev–Trinajstić information content (AvgIpc) is 2.28. The van der Waals surface area contributed by atoms with Crippen molar-refractivity contribution < 1.29 is 0 Å². The topological polar surface area (TPSA) is 50.2 Å². The van der Waals surface area contributed by atoms with E-state index in [9.17, 15) is 4.79 Å². The molecular weight excluding hydrogens is 331 g/mol. The number of aromatic nitrogens is 2. The molecule has 0 spiro atoms. The minimum atomic E-state index is 0.0486. The summed E-state index contributed by atoms with van der Waals surface area (Å²) in [5.41, 5.74) is 0.847. The molecule has 0 amide bonds. The molecule has 1 N–H and O–H groups in total. The van der Waals surface area contributed by atoms with Crippen molar-refractivity contribution in [2.45, 2.75) is 13.5 Å². The third-order valence-corrected chi connectivity index (χ3v) is 3.66. The first-order valence-corrected chi connectivity index (χ1v) is 6.67. The minimum Gasteiger partial charge on any atom is -0.314 e. The van der Waals surface area contributed by atoms with Gasteiger partial charge in [-0.05, 0) is 43.6 Å². The first-order chi connectivity index (χ1) is 8.02. The molecule has 96 valence electrons. The standard InChI is InChI=1S/C11H19IN4O/c1-9-10(12)11(17)16(8-14-9)7-5-13-4-6-15(2)3/h8,13H,4-7H2,1-3H3. The lowest BCUT2D eigenvalue weighted by Crippen LogP contribution is -2.32. The molecule has 6 heteroatoms. The quantitative estimate of drug-likeness (QED) is 0.593. The second-order valence-electron chi connectivity index (χ2n) is 4.20. The van der Waals surface area contributed by atoms with Crippen molar-refractivity contribution in [2.24, 2.45) is 0 Å². The van der Waals surface area contributed by atoms with Crippen LogP contribution in [0.15, 0.2) is 11.1 Å². The fraction of sp³-hybridized carbons (Fsp3) is 0.636. The Kier molecular flexibility index (Phi) is 6.07. The molecular formula is C11H19IN4O. The van der Waals surface area contributed by atoms with E-state index >= 15 is 0 Å². The van der Waals surface area contributed by atoms with E-state index in [0.29, 0.717) is 10.1 Å². The molecule has 0 atom stereocenters. The highest BCUT2D eigenvalue weighted by Crippen LogP contribution is 2.00. The van der Waals surface area contributed by atoms with E-state index in [-0.39, 0.29) is 5.56 Å². The summed E-state index contributed by atoms with van der Waals surface area (Å²) in [6.07, 6.45) is 1.62. The number of rotatable bonds is 6. The fourth-order valence-electron chi connectivity index (χ4n) is 1.33. The SMILES string of the molecule is Cc1ncn(CCNCCN(C)C)c(=O)c1I. The molecule has 1 aromatic rings. The molecule has 0 unspecified atom stereocenters. The Labute approximate surface area is 115 Å². The lowest BCUT2D eigenvalue weighted by molar-refractivity contribution is 0.397. The number of likely N-dealkylation sites (N-methyl/N-ethyl adjacent to an activating group) is 1. The third-order valence-electron chi connectivity index (χ3n) is 2.42. The smallest absolute Gasteiger partial charge is 0.267 e. The van der Waals surface area contributed by atoms with Crippen LogP contribution in [-0.4, -0.2) is 48.2 Å². The monoisotopic (exact) mass is 350 g/mol. The van der Waals surface area contributed by atoms with Crippen LogP contribution < -0.4 is 10.9 Å². The van der Waals surface area contributed by atoms with Crippen molar-refractivity contribution in [3.05, 3.63) is 25.9 Å². The minimum absolute atomic E-state index is 0.0486. The molecule has 17 heavy (non-hydrogen) atoms. The number of nitrogens with one attached hydrogen (secondary N) is 1. The maximum absolute atomic E-state index is 11.8. The molecule has 1 aromatic heterocycles. The van der Waals surface area contributed by atoms with Crippen LogP contribution in [0.5, 0.6) is 0 Å². The molecule has 1 rings (SSSR count). The van der Waals surface area contributed by atoms with Gasteiger partial charge in [-0.1, -0.05) is 0 Å². The molecule has 0 saturated carbocycles. The number of halogens is 1. The molecule has 0 aromatic carbocycles. The first kappa shape index (κ1) is 14.6. The van der Waals surface area contributed by atoms with E-state index in [1.807, 2.05) is 43.6 Å². The average molecular weight is 350 g/mol. The summed E-state index contributed by atoms with van der Waals surface area (Å²) >= 11 is 2.05. The van der Waals surface area contributed by atoms with Crippen molar-refractivity contribution in [1.29, 1.82) is 0 Å². The number of hydrogen-bond acceptors (Lipinski definition) is 4. The maximum atomic E-state index is 11.8. The molecule has 0 aliphatic rings. The fourth-order valence-corrected chi connectivity index (χ4v) is 1.78. The van der Waals surface area contributed by atoms with Crippen molar-refractivity contribution in [1.82, 2.24) is 19.8 Å². The number of nitrogens with zero attached hydrogens (tertiary/aromatic N) is 3. The van der Waals surface area contributed by atoms with Crippen molar-refractivity contribution in [3.8, 4) is 0 Å². The summed E-state index contributed by atoms with van der Waals surface area (Å²) in [5, 5.41) is 3.29. The second-order valence-corrected chi connectivity index (χ2v) is 5.27. The van der Waals surface area contributed by atoms with Crippen LogP contribution >= 0.6 is 22.6 Å². The molecule has 0 fully saturated rings. The summed E-state index contributed by atoms with van der Waals surface area (Å²) in [4.78, 5) is 18.1. The molecule has 5 nitrogen and oxygen atoms in total. The van der Waals surface area contributed by atoms with E-state index < -0.39 is 0 Å². The van der Waals surface area contributed by atoms with E-state index in [1.165, 1.54) is 0 Å². The second kappa shape index (κ2) is 7.07. The Bertz CT molecular complexity index is 416. The zero-order chi connectivity index (χ0) is 12.8. The van der Waals surface area contributed by atoms with Gasteiger partial charge in [-0.15, -0.1) is 0 Å². The summed E-state index contributed by atoms with van der Waals surface area (Å²) in [6.45, 7) is 5.23. The zero-order valence-corrected chi connectivity index (χ0v) is 12.7. The molecule has 0 aliphatic heterocycles. The molecule has 0 aliphatic carbocycles. The number of aryl methyl sites for hydroxylation is 1. The van der Waals surface area contributed by atoms with Gasteiger partial charge in [0.05, 0.1) is 15.6 Å². The third kappa shape index (κ3) is 4.72. The molecule has 0 radical (unpaired) electrons. The van der Waals surface area contributed by atoms with E-state index in [4.69, 9.17) is 0 Å². The van der Waals surface area contributed by atoms with E-state index in [2.05, 4.69) is 15.2 Å². The van der Waals surface area contributed by atoms with Gasteiger partial charge in [-0.2, -0.15) is 0 Å². The van der Waals surface area contributed by atoms with Gasteiger partial charge < -0.3 is 10.2 Å². The first-order valence-electron chi connectivity index (χ1n) is 5.59. The Morgan fingerprint density at radius 3 is 2.82 bits per heavy atom. The van der Waals surface area contributed by atoms with Crippen molar-refractivity contribution in [3.63, 3.8) is 0 Å². The van der Waals surface area contributed by atoms with Crippen LogP contribution in [0, 0.1) is 10.5 Å². The Morgan fingerprint density at radius 2 is 2.18 bits per heavy atom. The van der Waals surface area contributed by atoms with Crippen LogP contribution in [-0.2, 0) is 6.54 Å². The van der Waals surface area contributed by atoms with Crippen LogP contribution in [0.1, 0.15) is 5.69 Å².